The van der Waals surface area contributed by atoms with Gasteiger partial charge in [0, 0.05) is 5.69 Å². The van der Waals surface area contributed by atoms with E-state index in [0.29, 0.717) is 24.1 Å². The molecule has 0 saturated carbocycles. The number of nitrogens with zero attached hydrogens (tertiary/aromatic N) is 2. The van der Waals surface area contributed by atoms with Crippen LogP contribution in [0.2, 0.25) is 10.0 Å². The highest BCUT2D eigenvalue weighted by molar-refractivity contribution is 6.39. The Kier molecular flexibility index (Phi) is 7.97. The van der Waals surface area contributed by atoms with E-state index in [1.807, 2.05) is 0 Å². The van der Waals surface area contributed by atoms with E-state index >= 15 is 0 Å². The van der Waals surface area contributed by atoms with Gasteiger partial charge in [0.1, 0.15) is 17.1 Å². The minimum absolute atomic E-state index is 0.0306. The molecular formula is C23H19Cl2N3O5. The Labute approximate surface area is 199 Å². The van der Waals surface area contributed by atoms with Crippen LogP contribution in [0.25, 0.3) is 11.4 Å². The molecule has 0 radical (unpaired) electrons. The van der Waals surface area contributed by atoms with Gasteiger partial charge < -0.3 is 14.8 Å². The maximum atomic E-state index is 12.4. The lowest BCUT2D eigenvalue weighted by molar-refractivity contribution is -0.142. The van der Waals surface area contributed by atoms with Crippen molar-refractivity contribution < 1.29 is 23.9 Å². The summed E-state index contributed by atoms with van der Waals surface area (Å²) in [6, 6.07) is 11.7. The Hall–Kier alpha value is -3.49. The summed E-state index contributed by atoms with van der Waals surface area (Å²) < 4.78 is 9.76. The molecule has 3 aromatic rings. The molecule has 0 aliphatic rings. The van der Waals surface area contributed by atoms with Gasteiger partial charge in [-0.05, 0) is 36.8 Å². The standard InChI is InChI=1S/C23H19Cl2N3O5/c1-3-33-18(30)11-13-7-9-14(10-8-13)26-22-20(23(31)32-2)17(12-29)27-21(28-22)19-15(24)5-4-6-16(19)25/h4-10,12H,3,11H2,1-2H3,(H,26,27,28). The van der Waals surface area contributed by atoms with Crippen LogP contribution in [-0.2, 0) is 20.7 Å². The molecule has 1 heterocycles. The minimum atomic E-state index is -0.796. The largest absolute Gasteiger partial charge is 0.466 e. The Morgan fingerprint density at radius 2 is 1.73 bits per heavy atom. The predicted octanol–water partition coefficient (Wildman–Crippen LogP) is 4.90. The molecule has 0 fully saturated rings. The first-order valence-corrected chi connectivity index (χ1v) is 10.5. The average molecular weight is 488 g/mol. The van der Waals surface area contributed by atoms with Crippen molar-refractivity contribution in [2.24, 2.45) is 0 Å². The quantitative estimate of drug-likeness (QED) is 0.353. The zero-order valence-electron chi connectivity index (χ0n) is 17.7. The molecule has 0 aliphatic heterocycles. The van der Waals surface area contributed by atoms with Crippen LogP contribution in [0.1, 0.15) is 33.3 Å². The lowest BCUT2D eigenvalue weighted by Gasteiger charge is -2.14. The Morgan fingerprint density at radius 1 is 1.06 bits per heavy atom. The minimum Gasteiger partial charge on any atom is -0.466 e. The van der Waals surface area contributed by atoms with Crippen LogP contribution in [0, 0.1) is 0 Å². The molecular weight excluding hydrogens is 469 g/mol. The molecule has 1 N–H and O–H groups in total. The van der Waals surface area contributed by atoms with Gasteiger partial charge in [0.25, 0.3) is 0 Å². The van der Waals surface area contributed by atoms with E-state index in [-0.39, 0.29) is 45.3 Å². The van der Waals surface area contributed by atoms with Crippen molar-refractivity contribution in [3.05, 3.63) is 69.3 Å². The molecule has 170 valence electrons. The van der Waals surface area contributed by atoms with Crippen molar-refractivity contribution in [3.63, 3.8) is 0 Å². The smallest absolute Gasteiger partial charge is 0.344 e. The molecule has 8 nitrogen and oxygen atoms in total. The summed E-state index contributed by atoms with van der Waals surface area (Å²) in [6.07, 6.45) is 0.551. The Balaban J connectivity index is 2.05. The van der Waals surface area contributed by atoms with Gasteiger partial charge in [-0.25, -0.2) is 14.8 Å². The topological polar surface area (TPSA) is 107 Å². The van der Waals surface area contributed by atoms with Gasteiger partial charge >= 0.3 is 11.9 Å². The Morgan fingerprint density at radius 3 is 2.30 bits per heavy atom. The number of hydrogen-bond donors (Lipinski definition) is 1. The number of methoxy groups -OCH3 is 1. The summed E-state index contributed by atoms with van der Waals surface area (Å²) in [5.41, 5.74) is 1.26. The molecule has 0 aliphatic carbocycles. The third-order valence-electron chi connectivity index (χ3n) is 4.49. The zero-order valence-corrected chi connectivity index (χ0v) is 19.2. The number of anilines is 2. The fourth-order valence-electron chi connectivity index (χ4n) is 3.00. The molecule has 33 heavy (non-hydrogen) atoms. The number of carbonyl (C=O) groups excluding carboxylic acids is 3. The van der Waals surface area contributed by atoms with Gasteiger partial charge in [-0.15, -0.1) is 0 Å². The average Bonchev–Trinajstić information content (AvgIpc) is 2.79. The van der Waals surface area contributed by atoms with Crippen LogP contribution >= 0.6 is 23.2 Å². The van der Waals surface area contributed by atoms with Crippen LogP contribution in [-0.4, -0.2) is 41.9 Å². The molecule has 0 bridgehead atoms. The van der Waals surface area contributed by atoms with Gasteiger partial charge in [-0.3, -0.25) is 9.59 Å². The lowest BCUT2D eigenvalue weighted by atomic mass is 10.1. The van der Waals surface area contributed by atoms with Crippen molar-refractivity contribution in [2.45, 2.75) is 13.3 Å². The highest BCUT2D eigenvalue weighted by atomic mass is 35.5. The summed E-state index contributed by atoms with van der Waals surface area (Å²) in [6.45, 7) is 2.04. The van der Waals surface area contributed by atoms with Crippen LogP contribution in [0.15, 0.2) is 42.5 Å². The number of hydrogen-bond acceptors (Lipinski definition) is 8. The van der Waals surface area contributed by atoms with Gasteiger partial charge in [0.05, 0.1) is 35.7 Å². The second-order valence-corrected chi connectivity index (χ2v) is 7.48. The summed E-state index contributed by atoms with van der Waals surface area (Å²) in [5, 5.41) is 3.56. The third kappa shape index (κ3) is 5.66. The first kappa shape index (κ1) is 24.2. The maximum absolute atomic E-state index is 12.4. The summed E-state index contributed by atoms with van der Waals surface area (Å²) in [4.78, 5) is 44.5. The van der Waals surface area contributed by atoms with E-state index < -0.39 is 5.97 Å². The highest BCUT2D eigenvalue weighted by Gasteiger charge is 2.24. The molecule has 10 heteroatoms. The second-order valence-electron chi connectivity index (χ2n) is 6.67. The molecule has 0 amide bonds. The molecule has 0 spiro atoms. The fourth-order valence-corrected chi connectivity index (χ4v) is 3.57. The van der Waals surface area contributed by atoms with Crippen LogP contribution < -0.4 is 5.32 Å². The number of aromatic nitrogens is 2. The monoisotopic (exact) mass is 487 g/mol. The number of aldehydes is 1. The van der Waals surface area contributed by atoms with Gasteiger partial charge in [-0.1, -0.05) is 41.4 Å². The second kappa shape index (κ2) is 10.9. The normalized spacial score (nSPS) is 10.4. The number of esters is 2. The number of carbonyl (C=O) groups is 3. The van der Waals surface area contributed by atoms with Crippen molar-refractivity contribution >= 4 is 52.9 Å². The van der Waals surface area contributed by atoms with E-state index in [0.717, 1.165) is 5.56 Å². The van der Waals surface area contributed by atoms with Crippen molar-refractivity contribution in [2.75, 3.05) is 19.0 Å². The number of benzene rings is 2. The molecule has 0 saturated heterocycles. The highest BCUT2D eigenvalue weighted by Crippen LogP contribution is 2.34. The predicted molar refractivity (Wildman–Crippen MR) is 124 cm³/mol. The molecule has 0 atom stereocenters. The van der Waals surface area contributed by atoms with Crippen LogP contribution in [0.3, 0.4) is 0 Å². The first-order chi connectivity index (χ1) is 15.9. The maximum Gasteiger partial charge on any atom is 0.344 e. The number of nitrogens with one attached hydrogen (secondary N) is 1. The van der Waals surface area contributed by atoms with Gasteiger partial charge in [-0.2, -0.15) is 0 Å². The van der Waals surface area contributed by atoms with Gasteiger partial charge in [0.2, 0.25) is 0 Å². The molecule has 3 rings (SSSR count). The first-order valence-electron chi connectivity index (χ1n) is 9.79. The fraction of sp³-hybridized carbons (Fsp3) is 0.174. The van der Waals surface area contributed by atoms with E-state index in [4.69, 9.17) is 32.7 Å². The van der Waals surface area contributed by atoms with E-state index in [9.17, 15) is 14.4 Å². The van der Waals surface area contributed by atoms with E-state index in [2.05, 4.69) is 15.3 Å². The van der Waals surface area contributed by atoms with E-state index in [1.54, 1.807) is 49.4 Å². The van der Waals surface area contributed by atoms with Crippen molar-refractivity contribution in [1.29, 1.82) is 0 Å². The number of halogens is 2. The van der Waals surface area contributed by atoms with Crippen LogP contribution in [0.4, 0.5) is 11.5 Å². The van der Waals surface area contributed by atoms with Crippen molar-refractivity contribution in [3.8, 4) is 11.4 Å². The zero-order chi connectivity index (χ0) is 24.0. The van der Waals surface area contributed by atoms with Gasteiger partial charge in [0.15, 0.2) is 12.1 Å². The number of rotatable bonds is 8. The third-order valence-corrected chi connectivity index (χ3v) is 5.12. The van der Waals surface area contributed by atoms with E-state index in [1.165, 1.54) is 7.11 Å². The lowest BCUT2D eigenvalue weighted by Crippen LogP contribution is -2.14. The molecule has 1 aromatic heterocycles. The number of ether oxygens (including phenoxy) is 2. The van der Waals surface area contributed by atoms with Crippen LogP contribution in [0.5, 0.6) is 0 Å². The van der Waals surface area contributed by atoms with Crippen molar-refractivity contribution in [1.82, 2.24) is 9.97 Å². The Bertz CT molecular complexity index is 1180. The molecule has 0 unspecified atom stereocenters. The molecule has 2 aromatic carbocycles. The summed E-state index contributed by atoms with van der Waals surface area (Å²) in [7, 11) is 1.18. The SMILES string of the molecule is CCOC(=O)Cc1ccc(Nc2nc(-c3c(Cl)cccc3Cl)nc(C=O)c2C(=O)OC)cc1. The summed E-state index contributed by atoms with van der Waals surface area (Å²) >= 11 is 12.6. The summed E-state index contributed by atoms with van der Waals surface area (Å²) in [5.74, 6) is -1.04.